The van der Waals surface area contributed by atoms with Gasteiger partial charge in [0.2, 0.25) is 0 Å². The summed E-state index contributed by atoms with van der Waals surface area (Å²) in [4.78, 5) is 23.4. The molecule has 3 heterocycles. The number of aryl methyl sites for hydroxylation is 2. The SMILES string of the molecule is CN=C(NCCNC(=O)c1scnc1C)N1CCOC(c2cnn(C)c2)C1.I. The number of nitrogens with one attached hydrogen (secondary N) is 2. The van der Waals surface area contributed by atoms with E-state index in [1.807, 2.05) is 26.4 Å². The summed E-state index contributed by atoms with van der Waals surface area (Å²) in [6.07, 6.45) is 3.78. The molecule has 0 bridgehead atoms. The first-order valence-corrected chi connectivity index (χ1v) is 9.70. The van der Waals surface area contributed by atoms with Crippen molar-refractivity contribution in [1.29, 1.82) is 0 Å². The monoisotopic (exact) mass is 519 g/mol. The Balaban J connectivity index is 0.00000280. The average Bonchev–Trinajstić information content (AvgIpc) is 3.30. The van der Waals surface area contributed by atoms with E-state index in [0.717, 1.165) is 23.8 Å². The van der Waals surface area contributed by atoms with Gasteiger partial charge in [-0.25, -0.2) is 4.98 Å². The van der Waals surface area contributed by atoms with Crippen LogP contribution in [0.25, 0.3) is 0 Å². The van der Waals surface area contributed by atoms with Crippen molar-refractivity contribution in [2.24, 2.45) is 12.0 Å². The summed E-state index contributed by atoms with van der Waals surface area (Å²) in [6, 6.07) is 0. The number of guanidine groups is 1. The van der Waals surface area contributed by atoms with E-state index in [1.54, 1.807) is 17.2 Å². The number of thiazole rings is 1. The van der Waals surface area contributed by atoms with Crippen LogP contribution in [-0.4, -0.2) is 71.4 Å². The fourth-order valence-corrected chi connectivity index (χ4v) is 3.65. The van der Waals surface area contributed by atoms with E-state index in [1.165, 1.54) is 11.3 Å². The molecule has 1 amide bonds. The van der Waals surface area contributed by atoms with Crippen molar-refractivity contribution in [3.63, 3.8) is 0 Å². The highest BCUT2D eigenvalue weighted by atomic mass is 127. The van der Waals surface area contributed by atoms with Crippen LogP contribution in [0.5, 0.6) is 0 Å². The van der Waals surface area contributed by atoms with Crippen LogP contribution in [0.1, 0.15) is 27.0 Å². The zero-order valence-electron chi connectivity index (χ0n) is 16.2. The fraction of sp³-hybridized carbons (Fsp3) is 0.529. The van der Waals surface area contributed by atoms with Gasteiger partial charge in [-0.15, -0.1) is 35.3 Å². The summed E-state index contributed by atoms with van der Waals surface area (Å²) in [6.45, 7) is 5.03. The van der Waals surface area contributed by atoms with Crippen LogP contribution in [0.2, 0.25) is 0 Å². The van der Waals surface area contributed by atoms with Gasteiger partial charge in [-0.3, -0.25) is 14.5 Å². The molecular formula is C17H26IN7O2S. The second kappa shape index (κ2) is 10.7. The second-order valence-electron chi connectivity index (χ2n) is 6.25. The Hall–Kier alpha value is -1.73. The van der Waals surface area contributed by atoms with Gasteiger partial charge in [-0.1, -0.05) is 0 Å². The number of amides is 1. The maximum atomic E-state index is 12.1. The van der Waals surface area contributed by atoms with Gasteiger partial charge in [0, 0.05) is 45.5 Å². The van der Waals surface area contributed by atoms with Crippen LogP contribution in [-0.2, 0) is 11.8 Å². The highest BCUT2D eigenvalue weighted by Crippen LogP contribution is 2.21. The molecule has 2 N–H and O–H groups in total. The molecule has 11 heteroatoms. The molecule has 1 aliphatic heterocycles. The van der Waals surface area contributed by atoms with Crippen LogP contribution in [0.3, 0.4) is 0 Å². The average molecular weight is 519 g/mol. The Morgan fingerprint density at radius 3 is 2.86 bits per heavy atom. The molecule has 0 aromatic carbocycles. The van der Waals surface area contributed by atoms with Crippen LogP contribution >= 0.6 is 35.3 Å². The van der Waals surface area contributed by atoms with E-state index < -0.39 is 0 Å². The number of aromatic nitrogens is 3. The van der Waals surface area contributed by atoms with Crippen molar-refractivity contribution in [2.75, 3.05) is 39.8 Å². The predicted molar refractivity (Wildman–Crippen MR) is 119 cm³/mol. The third kappa shape index (κ3) is 5.64. The summed E-state index contributed by atoms with van der Waals surface area (Å²) in [5, 5.41) is 10.4. The number of aliphatic imine (C=N–C) groups is 1. The third-order valence-electron chi connectivity index (χ3n) is 4.32. The number of carbonyl (C=O) groups is 1. The van der Waals surface area contributed by atoms with E-state index in [9.17, 15) is 4.79 Å². The minimum atomic E-state index is -0.0881. The lowest BCUT2D eigenvalue weighted by atomic mass is 10.1. The Morgan fingerprint density at radius 1 is 1.43 bits per heavy atom. The zero-order valence-corrected chi connectivity index (χ0v) is 19.4. The molecule has 0 spiro atoms. The number of carbonyl (C=O) groups excluding carboxylic acids is 1. The van der Waals surface area contributed by atoms with Gasteiger partial charge >= 0.3 is 0 Å². The van der Waals surface area contributed by atoms with Crippen LogP contribution in [0, 0.1) is 6.92 Å². The molecule has 1 atom stereocenters. The van der Waals surface area contributed by atoms with E-state index in [4.69, 9.17) is 4.74 Å². The van der Waals surface area contributed by atoms with E-state index in [2.05, 4.69) is 30.6 Å². The van der Waals surface area contributed by atoms with E-state index in [-0.39, 0.29) is 36.0 Å². The van der Waals surface area contributed by atoms with Crippen molar-refractivity contribution in [1.82, 2.24) is 30.3 Å². The summed E-state index contributed by atoms with van der Waals surface area (Å²) in [5.41, 5.74) is 3.50. The minimum Gasteiger partial charge on any atom is -0.370 e. The van der Waals surface area contributed by atoms with Gasteiger partial charge in [0.25, 0.3) is 5.91 Å². The zero-order chi connectivity index (χ0) is 19.2. The molecule has 0 aliphatic carbocycles. The molecule has 3 rings (SSSR count). The van der Waals surface area contributed by atoms with Crippen LogP contribution in [0.4, 0.5) is 0 Å². The van der Waals surface area contributed by atoms with E-state index in [0.29, 0.717) is 31.1 Å². The number of nitrogens with zero attached hydrogens (tertiary/aromatic N) is 5. The molecule has 2 aromatic rings. The number of halogens is 1. The standard InChI is InChI=1S/C17H25N7O2S.HI/c1-12-15(27-11-21-12)16(25)19-4-5-20-17(18-2)24-6-7-26-14(10-24)13-8-22-23(3)9-13;/h8-9,11,14H,4-7,10H2,1-3H3,(H,18,20)(H,19,25);1H. The van der Waals surface area contributed by atoms with Gasteiger partial charge in [-0.05, 0) is 6.92 Å². The molecule has 154 valence electrons. The Labute approximate surface area is 185 Å². The first kappa shape index (κ1) is 22.6. The second-order valence-corrected chi connectivity index (χ2v) is 7.10. The summed E-state index contributed by atoms with van der Waals surface area (Å²) in [7, 11) is 3.66. The first-order valence-electron chi connectivity index (χ1n) is 8.82. The lowest BCUT2D eigenvalue weighted by Crippen LogP contribution is -2.49. The molecule has 1 aliphatic rings. The fourth-order valence-electron chi connectivity index (χ4n) is 2.93. The lowest BCUT2D eigenvalue weighted by Gasteiger charge is -2.34. The normalized spacial score (nSPS) is 17.2. The molecular weight excluding hydrogens is 493 g/mol. The topological polar surface area (TPSA) is 96.7 Å². The quantitative estimate of drug-likeness (QED) is 0.267. The molecule has 9 nitrogen and oxygen atoms in total. The van der Waals surface area contributed by atoms with Crippen molar-refractivity contribution in [3.05, 3.63) is 34.0 Å². The van der Waals surface area contributed by atoms with Gasteiger partial charge in [0.15, 0.2) is 5.96 Å². The maximum absolute atomic E-state index is 12.1. The summed E-state index contributed by atoms with van der Waals surface area (Å²) in [5.74, 6) is 0.713. The van der Waals surface area contributed by atoms with Gasteiger partial charge in [0.1, 0.15) is 11.0 Å². The number of hydrogen-bond donors (Lipinski definition) is 2. The minimum absolute atomic E-state index is 0. The van der Waals surface area contributed by atoms with Crippen molar-refractivity contribution in [2.45, 2.75) is 13.0 Å². The maximum Gasteiger partial charge on any atom is 0.263 e. The van der Waals surface area contributed by atoms with Crippen molar-refractivity contribution >= 4 is 47.2 Å². The smallest absolute Gasteiger partial charge is 0.263 e. The van der Waals surface area contributed by atoms with Crippen molar-refractivity contribution < 1.29 is 9.53 Å². The van der Waals surface area contributed by atoms with Gasteiger partial charge < -0.3 is 20.3 Å². The molecule has 1 saturated heterocycles. The number of rotatable bonds is 5. The van der Waals surface area contributed by atoms with Crippen LogP contribution < -0.4 is 10.6 Å². The number of morpholine rings is 1. The Kier molecular flexibility index (Phi) is 8.63. The third-order valence-corrected chi connectivity index (χ3v) is 5.25. The predicted octanol–water partition coefficient (Wildman–Crippen LogP) is 1.18. The molecule has 1 fully saturated rings. The molecule has 28 heavy (non-hydrogen) atoms. The molecule has 0 saturated carbocycles. The van der Waals surface area contributed by atoms with Gasteiger partial charge in [0.05, 0.1) is 30.6 Å². The van der Waals surface area contributed by atoms with Crippen molar-refractivity contribution in [3.8, 4) is 0 Å². The van der Waals surface area contributed by atoms with Gasteiger partial charge in [-0.2, -0.15) is 5.10 Å². The molecule has 2 aromatic heterocycles. The largest absolute Gasteiger partial charge is 0.370 e. The highest BCUT2D eigenvalue weighted by Gasteiger charge is 2.25. The van der Waals surface area contributed by atoms with E-state index >= 15 is 0 Å². The van der Waals surface area contributed by atoms with Crippen LogP contribution in [0.15, 0.2) is 22.9 Å². The Morgan fingerprint density at radius 2 is 2.21 bits per heavy atom. The Bertz CT molecular complexity index is 807. The molecule has 0 radical (unpaired) electrons. The number of ether oxygens (including phenoxy) is 1. The lowest BCUT2D eigenvalue weighted by molar-refractivity contribution is -0.00800. The summed E-state index contributed by atoms with van der Waals surface area (Å²) >= 11 is 1.35. The highest BCUT2D eigenvalue weighted by molar-refractivity contribution is 14.0. The molecule has 1 unspecified atom stereocenters. The first-order chi connectivity index (χ1) is 13.1. The summed E-state index contributed by atoms with van der Waals surface area (Å²) < 4.78 is 7.65. The number of hydrogen-bond acceptors (Lipinski definition) is 6.